The Hall–Kier alpha value is -1.59. The minimum Gasteiger partial charge on any atom is -0.545 e. The number of carbonyl (C=O) groups is 1. The number of anilines is 1. The molecule has 17 heavy (non-hydrogen) atoms. The van der Waals surface area contributed by atoms with E-state index >= 15 is 0 Å². The Morgan fingerprint density at radius 1 is 1.53 bits per heavy atom. The van der Waals surface area contributed by atoms with E-state index in [1.165, 1.54) is 18.2 Å². The molecule has 1 unspecified atom stereocenters. The lowest BCUT2D eigenvalue weighted by Crippen LogP contribution is -2.36. The van der Waals surface area contributed by atoms with Crippen LogP contribution < -0.4 is 10.8 Å². The maximum atomic E-state index is 10.9. The van der Waals surface area contributed by atoms with E-state index in [-0.39, 0.29) is 16.8 Å². The summed E-state index contributed by atoms with van der Waals surface area (Å²) in [6.45, 7) is 3.39. The monoisotopic (exact) mass is 238 g/mol. The van der Waals surface area contributed by atoms with E-state index in [1.807, 2.05) is 0 Å². The quantitative estimate of drug-likeness (QED) is 0.498. The molecule has 0 aliphatic carbocycles. The fourth-order valence-electron chi connectivity index (χ4n) is 1.59. The van der Waals surface area contributed by atoms with Crippen molar-refractivity contribution >= 4 is 11.7 Å². The number of hydrogen-bond acceptors (Lipinski definition) is 5. The molecule has 0 aliphatic rings. The van der Waals surface area contributed by atoms with E-state index < -0.39 is 17.7 Å². The zero-order chi connectivity index (χ0) is 13.2. The number of carbonyl (C=O) groups excluding carboxylic acids is 1. The Bertz CT molecular complexity index is 429. The van der Waals surface area contributed by atoms with Gasteiger partial charge in [0.1, 0.15) is 0 Å². The van der Waals surface area contributed by atoms with Gasteiger partial charge in [-0.3, -0.25) is 0 Å². The molecule has 0 aromatic heterocycles. The zero-order valence-corrected chi connectivity index (χ0v) is 9.80. The van der Waals surface area contributed by atoms with Crippen molar-refractivity contribution in [1.29, 1.82) is 0 Å². The average molecular weight is 238 g/mol. The number of benzene rings is 1. The lowest BCUT2D eigenvalue weighted by atomic mass is 9.88. The summed E-state index contributed by atoms with van der Waals surface area (Å²) in [7, 11) is 0. The third-order valence-corrected chi connectivity index (χ3v) is 2.96. The van der Waals surface area contributed by atoms with Crippen LogP contribution in [-0.2, 0) is 5.79 Å². The Kier molecular flexibility index (Phi) is 3.75. The first kappa shape index (κ1) is 13.5. The predicted molar refractivity (Wildman–Crippen MR) is 60.8 cm³/mol. The van der Waals surface area contributed by atoms with E-state index in [0.29, 0.717) is 6.42 Å². The van der Waals surface area contributed by atoms with Gasteiger partial charge in [0.05, 0.1) is 5.97 Å². The molecule has 0 aliphatic heterocycles. The van der Waals surface area contributed by atoms with Gasteiger partial charge in [-0.25, -0.2) is 0 Å². The molecular formula is C12H16NO4-. The number of aliphatic hydroxyl groups is 2. The van der Waals surface area contributed by atoms with Crippen LogP contribution in [0.3, 0.4) is 0 Å². The lowest BCUT2D eigenvalue weighted by Gasteiger charge is -2.30. The highest BCUT2D eigenvalue weighted by atomic mass is 16.5. The number of carboxylic acids is 1. The van der Waals surface area contributed by atoms with Crippen LogP contribution in [0.1, 0.15) is 36.2 Å². The van der Waals surface area contributed by atoms with Crippen molar-refractivity contribution in [3.63, 3.8) is 0 Å². The van der Waals surface area contributed by atoms with E-state index in [1.54, 1.807) is 13.8 Å². The SMILES string of the molecule is CCC(C)C(O)(O)c1cc(N)ccc1C(=O)[O-]. The maximum Gasteiger partial charge on any atom is 0.193 e. The van der Waals surface area contributed by atoms with Gasteiger partial charge in [-0.1, -0.05) is 19.9 Å². The molecule has 0 radical (unpaired) electrons. The van der Waals surface area contributed by atoms with Gasteiger partial charge in [-0.15, -0.1) is 0 Å². The van der Waals surface area contributed by atoms with Crippen molar-refractivity contribution in [1.82, 2.24) is 0 Å². The second-order valence-corrected chi connectivity index (χ2v) is 4.13. The van der Waals surface area contributed by atoms with Gasteiger partial charge in [0.2, 0.25) is 0 Å². The molecule has 0 heterocycles. The molecule has 5 heteroatoms. The Morgan fingerprint density at radius 2 is 2.12 bits per heavy atom. The molecule has 0 fully saturated rings. The standard InChI is InChI=1S/C12H17NO4/c1-3-7(2)12(16,17)10-6-8(13)4-5-9(10)11(14)15/h4-7,16-17H,3,13H2,1-2H3,(H,14,15)/p-1. The summed E-state index contributed by atoms with van der Waals surface area (Å²) in [5, 5.41) is 31.0. The highest BCUT2D eigenvalue weighted by molar-refractivity contribution is 5.88. The van der Waals surface area contributed by atoms with Crippen LogP contribution in [-0.4, -0.2) is 16.2 Å². The van der Waals surface area contributed by atoms with E-state index in [9.17, 15) is 20.1 Å². The normalized spacial score (nSPS) is 13.4. The summed E-state index contributed by atoms with van der Waals surface area (Å²) in [6, 6.07) is 3.84. The number of nitrogen functional groups attached to an aromatic ring is 1. The lowest BCUT2D eigenvalue weighted by molar-refractivity contribution is -0.256. The maximum absolute atomic E-state index is 10.9. The van der Waals surface area contributed by atoms with Gasteiger partial charge in [-0.05, 0) is 18.6 Å². The molecule has 0 bridgehead atoms. The van der Waals surface area contributed by atoms with E-state index in [0.717, 1.165) is 0 Å². The van der Waals surface area contributed by atoms with Crippen molar-refractivity contribution < 1.29 is 20.1 Å². The predicted octanol–water partition coefficient (Wildman–Crippen LogP) is -0.184. The molecule has 0 amide bonds. The van der Waals surface area contributed by atoms with Crippen LogP contribution in [0.2, 0.25) is 0 Å². The minimum atomic E-state index is -2.24. The molecule has 1 atom stereocenters. The van der Waals surface area contributed by atoms with Crippen molar-refractivity contribution in [2.75, 3.05) is 5.73 Å². The summed E-state index contributed by atoms with van der Waals surface area (Å²) >= 11 is 0. The first-order chi connectivity index (χ1) is 7.80. The number of rotatable bonds is 4. The van der Waals surface area contributed by atoms with Gasteiger partial charge < -0.3 is 25.8 Å². The Balaban J connectivity index is 3.37. The summed E-state index contributed by atoms with van der Waals surface area (Å²) < 4.78 is 0. The van der Waals surface area contributed by atoms with Crippen molar-refractivity contribution in [2.24, 2.45) is 5.92 Å². The van der Waals surface area contributed by atoms with Crippen LogP contribution in [0.25, 0.3) is 0 Å². The number of carboxylic acid groups (broad SMARTS) is 1. The summed E-state index contributed by atoms with van der Waals surface area (Å²) in [5.41, 5.74) is 5.40. The van der Waals surface area contributed by atoms with Crippen molar-refractivity contribution in [2.45, 2.75) is 26.1 Å². The van der Waals surface area contributed by atoms with Crippen LogP contribution in [0.4, 0.5) is 5.69 Å². The molecule has 1 rings (SSSR count). The summed E-state index contributed by atoms with van der Waals surface area (Å²) in [6.07, 6.45) is 0.480. The second kappa shape index (κ2) is 4.73. The van der Waals surface area contributed by atoms with Crippen LogP contribution in [0, 0.1) is 5.92 Å². The van der Waals surface area contributed by atoms with Crippen LogP contribution in [0.5, 0.6) is 0 Å². The van der Waals surface area contributed by atoms with Crippen molar-refractivity contribution in [3.05, 3.63) is 29.3 Å². The van der Waals surface area contributed by atoms with Gasteiger partial charge in [0.25, 0.3) is 0 Å². The van der Waals surface area contributed by atoms with Gasteiger partial charge in [-0.2, -0.15) is 0 Å². The topological polar surface area (TPSA) is 107 Å². The van der Waals surface area contributed by atoms with E-state index in [4.69, 9.17) is 5.73 Å². The molecule has 1 aromatic rings. The van der Waals surface area contributed by atoms with Gasteiger partial charge in [0.15, 0.2) is 5.79 Å². The second-order valence-electron chi connectivity index (χ2n) is 4.13. The fourth-order valence-corrected chi connectivity index (χ4v) is 1.59. The molecular weight excluding hydrogens is 222 g/mol. The molecule has 94 valence electrons. The number of hydrogen-bond donors (Lipinski definition) is 3. The average Bonchev–Trinajstić information content (AvgIpc) is 2.27. The highest BCUT2D eigenvalue weighted by Crippen LogP contribution is 2.32. The third kappa shape index (κ3) is 2.57. The number of nitrogens with two attached hydrogens (primary N) is 1. The first-order valence-corrected chi connectivity index (χ1v) is 5.36. The van der Waals surface area contributed by atoms with Crippen LogP contribution in [0.15, 0.2) is 18.2 Å². The zero-order valence-electron chi connectivity index (χ0n) is 9.80. The van der Waals surface area contributed by atoms with E-state index in [2.05, 4.69) is 0 Å². The van der Waals surface area contributed by atoms with Crippen LogP contribution >= 0.6 is 0 Å². The molecule has 4 N–H and O–H groups in total. The molecule has 0 spiro atoms. The summed E-state index contributed by atoms with van der Waals surface area (Å²) in [4.78, 5) is 10.9. The van der Waals surface area contributed by atoms with Gasteiger partial charge >= 0.3 is 0 Å². The molecule has 1 aromatic carbocycles. The van der Waals surface area contributed by atoms with Gasteiger partial charge in [0, 0.05) is 22.7 Å². The third-order valence-electron chi connectivity index (χ3n) is 2.96. The molecule has 0 saturated carbocycles. The smallest absolute Gasteiger partial charge is 0.193 e. The Morgan fingerprint density at radius 3 is 2.59 bits per heavy atom. The molecule has 0 saturated heterocycles. The summed E-state index contributed by atoms with van der Waals surface area (Å²) in [5.74, 6) is -4.22. The molecule has 5 nitrogen and oxygen atoms in total. The fraction of sp³-hybridized carbons (Fsp3) is 0.417. The minimum absolute atomic E-state index is 0.133. The first-order valence-electron chi connectivity index (χ1n) is 5.36. The number of aromatic carboxylic acids is 1. The highest BCUT2D eigenvalue weighted by Gasteiger charge is 2.34. The largest absolute Gasteiger partial charge is 0.545 e. The van der Waals surface area contributed by atoms with Crippen molar-refractivity contribution in [3.8, 4) is 0 Å². The Labute approximate surface area is 99.5 Å².